The van der Waals surface area contributed by atoms with Crippen molar-refractivity contribution in [2.45, 2.75) is 18.0 Å². The summed E-state index contributed by atoms with van der Waals surface area (Å²) in [6.07, 6.45) is 1.43. The third kappa shape index (κ3) is 5.81. The molecule has 0 aliphatic carbocycles. The average molecular weight is 459 g/mol. The van der Waals surface area contributed by atoms with Crippen molar-refractivity contribution in [2.75, 3.05) is 17.7 Å². The minimum atomic E-state index is -0.167. The number of rotatable bonds is 9. The van der Waals surface area contributed by atoms with Crippen molar-refractivity contribution in [2.24, 2.45) is 7.05 Å². The number of nitrogens with one attached hydrogen (secondary N) is 1. The predicted molar refractivity (Wildman–Crippen MR) is 111 cm³/mol. The number of aryl methyl sites for hydroxylation is 1. The number of anilines is 1. The molecule has 0 bridgehead atoms. The fourth-order valence-corrected chi connectivity index (χ4v) is 3.86. The first kappa shape index (κ1) is 20.8. The van der Waals surface area contributed by atoms with E-state index in [4.69, 9.17) is 27.9 Å². The topological polar surface area (TPSA) is 94.8 Å². The summed E-state index contributed by atoms with van der Waals surface area (Å²) < 4.78 is 7.55. The fourth-order valence-electron chi connectivity index (χ4n) is 2.21. The van der Waals surface area contributed by atoms with E-state index in [-0.39, 0.29) is 11.7 Å². The van der Waals surface area contributed by atoms with Gasteiger partial charge in [-0.2, -0.15) is 0 Å². The zero-order chi connectivity index (χ0) is 19.9. The number of thioether (sulfide) groups is 1. The molecule has 1 N–H and O–H groups in total. The third-order valence-corrected chi connectivity index (χ3v) is 5.72. The van der Waals surface area contributed by atoms with E-state index >= 15 is 0 Å². The number of aromatic nitrogens is 5. The standard InChI is InChI=1S/C16H16Cl2N6O2S2/c1-24-13(3-2-6-26-12-5-4-10(17)7-11(12)18)21-23-16(24)27-8-14(25)20-15-22-19-9-28-15/h4-5,7,9H,2-3,6,8H2,1H3,(H,20,22,25). The number of carbonyl (C=O) groups is 1. The first-order chi connectivity index (χ1) is 13.5. The van der Waals surface area contributed by atoms with Crippen LogP contribution in [0.2, 0.25) is 10.0 Å². The Morgan fingerprint density at radius 1 is 1.32 bits per heavy atom. The molecule has 0 spiro atoms. The lowest BCUT2D eigenvalue weighted by molar-refractivity contribution is -0.113. The van der Waals surface area contributed by atoms with Gasteiger partial charge in [-0.05, 0) is 24.6 Å². The highest BCUT2D eigenvalue weighted by Crippen LogP contribution is 2.27. The zero-order valence-electron chi connectivity index (χ0n) is 14.8. The first-order valence-corrected chi connectivity index (χ1v) is 10.8. The number of halogens is 2. The van der Waals surface area contributed by atoms with Crippen LogP contribution >= 0.6 is 46.3 Å². The van der Waals surface area contributed by atoms with Crippen molar-refractivity contribution >= 4 is 57.3 Å². The van der Waals surface area contributed by atoms with Gasteiger partial charge < -0.3 is 9.30 Å². The van der Waals surface area contributed by atoms with E-state index in [2.05, 4.69) is 25.7 Å². The lowest BCUT2D eigenvalue weighted by atomic mass is 10.3. The van der Waals surface area contributed by atoms with Crippen molar-refractivity contribution in [3.63, 3.8) is 0 Å². The van der Waals surface area contributed by atoms with Crippen molar-refractivity contribution in [1.29, 1.82) is 0 Å². The summed E-state index contributed by atoms with van der Waals surface area (Å²) in [5.74, 6) is 1.46. The maximum Gasteiger partial charge on any atom is 0.236 e. The molecular weight excluding hydrogens is 443 g/mol. The molecule has 3 aromatic rings. The van der Waals surface area contributed by atoms with E-state index in [9.17, 15) is 4.79 Å². The molecule has 0 radical (unpaired) electrons. The van der Waals surface area contributed by atoms with Crippen LogP contribution in [0.3, 0.4) is 0 Å². The van der Waals surface area contributed by atoms with Crippen molar-refractivity contribution in [3.05, 3.63) is 39.6 Å². The van der Waals surface area contributed by atoms with Gasteiger partial charge in [-0.25, -0.2) is 0 Å². The van der Waals surface area contributed by atoms with E-state index in [1.54, 1.807) is 23.7 Å². The normalized spacial score (nSPS) is 10.8. The molecule has 2 aromatic heterocycles. The summed E-state index contributed by atoms with van der Waals surface area (Å²) in [5, 5.41) is 20.6. The molecule has 2 heterocycles. The Bertz CT molecular complexity index is 935. The molecule has 0 aliphatic rings. The second-order valence-electron chi connectivity index (χ2n) is 5.57. The van der Waals surface area contributed by atoms with Gasteiger partial charge >= 0.3 is 0 Å². The maximum absolute atomic E-state index is 11.9. The third-order valence-electron chi connectivity index (χ3n) is 3.56. The summed E-state index contributed by atoms with van der Waals surface area (Å²) >= 11 is 14.5. The van der Waals surface area contributed by atoms with Crippen LogP contribution in [-0.4, -0.2) is 43.2 Å². The molecule has 0 fully saturated rings. The van der Waals surface area contributed by atoms with Gasteiger partial charge in [0.05, 0.1) is 17.4 Å². The quantitative estimate of drug-likeness (QED) is 0.385. The van der Waals surface area contributed by atoms with Crippen molar-refractivity contribution in [3.8, 4) is 5.75 Å². The summed E-state index contributed by atoms with van der Waals surface area (Å²) in [7, 11) is 1.87. The lowest BCUT2D eigenvalue weighted by Gasteiger charge is -2.08. The van der Waals surface area contributed by atoms with Crippen LogP contribution in [0, 0.1) is 0 Å². The van der Waals surface area contributed by atoms with E-state index in [1.807, 2.05) is 11.6 Å². The van der Waals surface area contributed by atoms with E-state index in [0.29, 0.717) is 39.1 Å². The minimum Gasteiger partial charge on any atom is -0.492 e. The van der Waals surface area contributed by atoms with Crippen molar-refractivity contribution < 1.29 is 9.53 Å². The molecule has 8 nitrogen and oxygen atoms in total. The minimum absolute atomic E-state index is 0.167. The zero-order valence-corrected chi connectivity index (χ0v) is 17.9. The molecule has 0 saturated heterocycles. The van der Waals surface area contributed by atoms with Gasteiger partial charge in [-0.15, -0.1) is 20.4 Å². The Morgan fingerprint density at radius 2 is 2.18 bits per heavy atom. The van der Waals surface area contributed by atoms with E-state index in [1.165, 1.54) is 23.1 Å². The van der Waals surface area contributed by atoms with Crippen LogP contribution in [0.25, 0.3) is 0 Å². The molecule has 1 amide bonds. The number of amides is 1. The first-order valence-electron chi connectivity index (χ1n) is 8.18. The van der Waals surface area contributed by atoms with Crippen LogP contribution in [0.5, 0.6) is 5.75 Å². The second-order valence-corrected chi connectivity index (χ2v) is 8.18. The summed E-state index contributed by atoms with van der Waals surface area (Å²) in [6.45, 7) is 0.487. The highest BCUT2D eigenvalue weighted by molar-refractivity contribution is 7.99. The summed E-state index contributed by atoms with van der Waals surface area (Å²) in [5.41, 5.74) is 1.56. The number of carbonyl (C=O) groups excluding carboxylic acids is 1. The molecule has 0 aliphatic heterocycles. The Balaban J connectivity index is 1.43. The number of benzene rings is 1. The molecule has 0 atom stereocenters. The van der Waals surface area contributed by atoms with Gasteiger partial charge in [-0.1, -0.05) is 46.3 Å². The molecule has 28 heavy (non-hydrogen) atoms. The molecule has 148 valence electrons. The number of hydrogen-bond acceptors (Lipinski definition) is 8. The molecule has 12 heteroatoms. The molecule has 0 saturated carbocycles. The summed E-state index contributed by atoms with van der Waals surface area (Å²) in [6, 6.07) is 5.12. The summed E-state index contributed by atoms with van der Waals surface area (Å²) in [4.78, 5) is 11.9. The highest BCUT2D eigenvalue weighted by Gasteiger charge is 2.12. The van der Waals surface area contributed by atoms with Crippen LogP contribution in [0.15, 0.2) is 28.9 Å². The van der Waals surface area contributed by atoms with Gasteiger partial charge in [0.2, 0.25) is 11.0 Å². The highest BCUT2D eigenvalue weighted by atomic mass is 35.5. The second kappa shape index (κ2) is 10.1. The Kier molecular flexibility index (Phi) is 7.49. The number of ether oxygens (including phenoxy) is 1. The average Bonchev–Trinajstić information content (AvgIpc) is 3.29. The van der Waals surface area contributed by atoms with Crippen LogP contribution in [-0.2, 0) is 18.3 Å². The van der Waals surface area contributed by atoms with Gasteiger partial charge in [0.1, 0.15) is 17.1 Å². The fraction of sp³-hybridized carbons (Fsp3) is 0.312. The largest absolute Gasteiger partial charge is 0.492 e. The van der Waals surface area contributed by atoms with Gasteiger partial charge in [0.15, 0.2) is 5.16 Å². The molecular formula is C16H16Cl2N6O2S2. The van der Waals surface area contributed by atoms with Gasteiger partial charge in [0, 0.05) is 18.5 Å². The Labute approximate surface area is 179 Å². The van der Waals surface area contributed by atoms with Crippen LogP contribution in [0.4, 0.5) is 5.13 Å². The number of nitrogens with zero attached hydrogens (tertiary/aromatic N) is 5. The molecule has 0 unspecified atom stereocenters. The SMILES string of the molecule is Cn1c(CCCOc2ccc(Cl)cc2Cl)nnc1SCC(=O)Nc1nncs1. The van der Waals surface area contributed by atoms with E-state index < -0.39 is 0 Å². The van der Waals surface area contributed by atoms with Gasteiger partial charge in [0.25, 0.3) is 0 Å². The monoisotopic (exact) mass is 458 g/mol. The van der Waals surface area contributed by atoms with Crippen LogP contribution in [0.1, 0.15) is 12.2 Å². The van der Waals surface area contributed by atoms with E-state index in [0.717, 1.165) is 12.2 Å². The lowest BCUT2D eigenvalue weighted by Crippen LogP contribution is -2.14. The predicted octanol–water partition coefficient (Wildman–Crippen LogP) is 3.72. The maximum atomic E-state index is 11.9. The van der Waals surface area contributed by atoms with Gasteiger partial charge in [-0.3, -0.25) is 10.1 Å². The smallest absolute Gasteiger partial charge is 0.236 e. The Morgan fingerprint density at radius 3 is 2.93 bits per heavy atom. The van der Waals surface area contributed by atoms with Crippen LogP contribution < -0.4 is 10.1 Å². The molecule has 3 rings (SSSR count). The Hall–Kier alpha value is -1.88. The number of hydrogen-bond donors (Lipinski definition) is 1. The molecule has 1 aromatic carbocycles. The van der Waals surface area contributed by atoms with Crippen molar-refractivity contribution in [1.82, 2.24) is 25.0 Å².